The summed E-state index contributed by atoms with van der Waals surface area (Å²) in [5, 5.41) is 50.5. The Hall–Kier alpha value is -2.21. The van der Waals surface area contributed by atoms with Gasteiger partial charge in [0.15, 0.2) is 23.9 Å². The number of aromatic hydroxyl groups is 1. The predicted molar refractivity (Wildman–Crippen MR) is 111 cm³/mol. The van der Waals surface area contributed by atoms with Gasteiger partial charge in [0.25, 0.3) is 0 Å². The molecule has 10 nitrogen and oxygen atoms in total. The molecule has 5 aliphatic rings. The maximum atomic E-state index is 11.5. The molecule has 0 radical (unpaired) electrons. The average molecular weight is 461 g/mol. The highest BCUT2D eigenvalue weighted by Gasteiger charge is 2.65. The Morgan fingerprint density at radius 3 is 2.73 bits per heavy atom. The average Bonchev–Trinajstić information content (AvgIpc) is 3.14. The van der Waals surface area contributed by atoms with Crippen molar-refractivity contribution in [2.45, 2.75) is 67.2 Å². The monoisotopic (exact) mass is 461 g/mol. The third-order valence-electron chi connectivity index (χ3n) is 8.23. The largest absolute Gasteiger partial charge is 0.504 e. The van der Waals surface area contributed by atoms with Gasteiger partial charge in [-0.05, 0) is 38.1 Å². The number of benzene rings is 1. The van der Waals surface area contributed by atoms with Crippen LogP contribution in [0, 0.1) is 5.92 Å². The van der Waals surface area contributed by atoms with Crippen molar-refractivity contribution in [2.75, 3.05) is 13.6 Å². The molecule has 6 rings (SSSR count). The molecule has 10 heteroatoms. The molecule has 3 heterocycles. The highest BCUT2D eigenvalue weighted by molar-refractivity contribution is 5.73. The number of likely N-dealkylation sites (N-methyl/N-ethyl adjacent to an activating group) is 1. The van der Waals surface area contributed by atoms with Crippen molar-refractivity contribution in [3.05, 3.63) is 35.4 Å². The number of aliphatic hydroxyl groups is 3. The van der Waals surface area contributed by atoms with E-state index in [2.05, 4.69) is 18.0 Å². The summed E-state index contributed by atoms with van der Waals surface area (Å²) >= 11 is 0. The van der Waals surface area contributed by atoms with Gasteiger partial charge in [0.2, 0.25) is 0 Å². The van der Waals surface area contributed by atoms with E-state index in [1.54, 1.807) is 6.07 Å². The second-order valence-electron chi connectivity index (χ2n) is 9.78. The molecule has 1 aromatic rings. The minimum Gasteiger partial charge on any atom is -0.504 e. The van der Waals surface area contributed by atoms with Gasteiger partial charge in [-0.1, -0.05) is 18.2 Å². The highest BCUT2D eigenvalue weighted by Crippen LogP contribution is 2.62. The number of phenols is 1. The fourth-order valence-electron chi connectivity index (χ4n) is 6.66. The SMILES string of the molecule is CN1CC[C@]23c4c5ccc(O)c4O[C@H]2[C@@H](OC2O[C@H](C(=O)O)[C@@H](O)[C@H](O)[C@H]2O)C=C[C@H]3[C@H]1C5. The number of nitrogens with zero attached hydrogens (tertiary/aromatic N) is 1. The molecule has 0 amide bonds. The first-order chi connectivity index (χ1) is 15.7. The standard InChI is InChI=1S/C23H27NO9/c1-24-7-6-23-10-3-5-13(31-22-17(28)15(26)16(27)19(33-22)21(29)30)20(23)32-18-12(25)4-2-9(14(18)23)8-11(10)24/h2-5,10-11,13,15-17,19-20,22,25-28H,6-8H2,1H3,(H,29,30)/t10-,11+,13-,15-,16-,17+,19-,20-,22?,23-/m0/s1. The lowest BCUT2D eigenvalue weighted by Gasteiger charge is -2.57. The fraction of sp³-hybridized carbons (Fsp3) is 0.609. The van der Waals surface area contributed by atoms with Gasteiger partial charge >= 0.3 is 5.97 Å². The Morgan fingerprint density at radius 1 is 1.18 bits per heavy atom. The number of aliphatic carboxylic acids is 1. The lowest BCUT2D eigenvalue weighted by atomic mass is 9.53. The Balaban J connectivity index is 1.38. The van der Waals surface area contributed by atoms with Gasteiger partial charge in [0.1, 0.15) is 30.5 Å². The van der Waals surface area contributed by atoms with Crippen molar-refractivity contribution < 1.29 is 44.5 Å². The van der Waals surface area contributed by atoms with Crippen molar-refractivity contribution >= 4 is 5.97 Å². The molecule has 178 valence electrons. The number of hydrogen-bond acceptors (Lipinski definition) is 9. The molecule has 10 atom stereocenters. The van der Waals surface area contributed by atoms with Crippen LogP contribution in [0.1, 0.15) is 17.5 Å². The first-order valence-corrected chi connectivity index (χ1v) is 11.2. The summed E-state index contributed by atoms with van der Waals surface area (Å²) in [6.07, 6.45) is -4.16. The molecular formula is C23H27NO9. The normalized spacial score (nSPS) is 45.4. The van der Waals surface area contributed by atoms with Crippen molar-refractivity contribution in [1.82, 2.24) is 4.90 Å². The van der Waals surface area contributed by atoms with Gasteiger partial charge in [-0.3, -0.25) is 0 Å². The summed E-state index contributed by atoms with van der Waals surface area (Å²) in [6.45, 7) is 0.838. The zero-order chi connectivity index (χ0) is 23.2. The zero-order valence-corrected chi connectivity index (χ0v) is 17.9. The number of phenolic OH excluding ortho intramolecular Hbond substituents is 1. The lowest BCUT2D eigenvalue weighted by molar-refractivity contribution is -0.307. The van der Waals surface area contributed by atoms with Crippen LogP contribution in [0.15, 0.2) is 24.3 Å². The second kappa shape index (κ2) is 7.14. The number of rotatable bonds is 3. The summed E-state index contributed by atoms with van der Waals surface area (Å²) in [4.78, 5) is 13.8. The summed E-state index contributed by atoms with van der Waals surface area (Å²) in [5.74, 6) is -0.824. The van der Waals surface area contributed by atoms with Crippen molar-refractivity contribution in [2.24, 2.45) is 5.92 Å². The van der Waals surface area contributed by atoms with Gasteiger partial charge in [0.05, 0.1) is 0 Å². The number of likely N-dealkylation sites (tertiary alicyclic amines) is 1. The van der Waals surface area contributed by atoms with E-state index in [0.29, 0.717) is 5.75 Å². The molecule has 33 heavy (non-hydrogen) atoms. The maximum Gasteiger partial charge on any atom is 0.335 e. The van der Waals surface area contributed by atoms with Crippen LogP contribution in [0.2, 0.25) is 0 Å². The maximum absolute atomic E-state index is 11.5. The number of carboxylic acids is 1. The molecule has 0 saturated carbocycles. The zero-order valence-electron chi connectivity index (χ0n) is 17.9. The summed E-state index contributed by atoms with van der Waals surface area (Å²) in [7, 11) is 2.11. The van der Waals surface area contributed by atoms with Gasteiger partial charge in [-0.15, -0.1) is 0 Å². The topological polar surface area (TPSA) is 149 Å². The number of carboxylic acid groups (broad SMARTS) is 1. The van der Waals surface area contributed by atoms with Crippen LogP contribution < -0.4 is 4.74 Å². The van der Waals surface area contributed by atoms with Gasteiger partial charge in [-0.25, -0.2) is 4.79 Å². The van der Waals surface area contributed by atoms with Crippen LogP contribution >= 0.6 is 0 Å². The molecule has 1 spiro atoms. The first kappa shape index (κ1) is 21.3. The Morgan fingerprint density at radius 2 is 1.97 bits per heavy atom. The molecule has 1 aromatic carbocycles. The molecular weight excluding hydrogens is 434 g/mol. The minimum atomic E-state index is -1.79. The number of hydrogen-bond donors (Lipinski definition) is 5. The van der Waals surface area contributed by atoms with Crippen LogP contribution in [-0.4, -0.2) is 98.9 Å². The summed E-state index contributed by atoms with van der Waals surface area (Å²) < 4.78 is 17.7. The van der Waals surface area contributed by atoms with E-state index in [-0.39, 0.29) is 17.7 Å². The molecule has 2 aliphatic carbocycles. The van der Waals surface area contributed by atoms with Crippen molar-refractivity contribution in [3.8, 4) is 11.5 Å². The molecule has 2 bridgehead atoms. The fourth-order valence-corrected chi connectivity index (χ4v) is 6.66. The molecule has 2 saturated heterocycles. The summed E-state index contributed by atoms with van der Waals surface area (Å²) in [6, 6.07) is 3.85. The second-order valence-corrected chi connectivity index (χ2v) is 9.78. The highest BCUT2D eigenvalue weighted by atomic mass is 16.7. The number of piperidine rings is 1. The molecule has 1 unspecified atom stereocenters. The number of carbonyl (C=O) groups is 1. The van der Waals surface area contributed by atoms with Crippen LogP contribution in [0.3, 0.4) is 0 Å². The molecule has 2 fully saturated rings. The smallest absolute Gasteiger partial charge is 0.335 e. The van der Waals surface area contributed by atoms with Gasteiger partial charge < -0.3 is 44.6 Å². The Kier molecular flexibility index (Phi) is 4.62. The van der Waals surface area contributed by atoms with E-state index >= 15 is 0 Å². The number of ether oxygens (including phenoxy) is 3. The quantitative estimate of drug-likeness (QED) is 0.359. The minimum absolute atomic E-state index is 0.0610. The van der Waals surface area contributed by atoms with E-state index in [1.165, 1.54) is 0 Å². The first-order valence-electron chi connectivity index (χ1n) is 11.2. The third-order valence-corrected chi connectivity index (χ3v) is 8.23. The van der Waals surface area contributed by atoms with Crippen molar-refractivity contribution in [3.63, 3.8) is 0 Å². The molecule has 3 aliphatic heterocycles. The van der Waals surface area contributed by atoms with Crippen LogP contribution in [0.25, 0.3) is 0 Å². The van der Waals surface area contributed by atoms with E-state index < -0.39 is 54.3 Å². The molecule has 5 N–H and O–H groups in total. The molecule has 0 aromatic heterocycles. The van der Waals surface area contributed by atoms with E-state index in [0.717, 1.165) is 30.5 Å². The Labute approximate surface area is 189 Å². The lowest BCUT2D eigenvalue weighted by Crippen LogP contribution is -2.66. The van der Waals surface area contributed by atoms with Crippen molar-refractivity contribution in [1.29, 1.82) is 0 Å². The predicted octanol–water partition coefficient (Wildman–Crippen LogP) is -0.885. The van der Waals surface area contributed by atoms with E-state index in [1.807, 2.05) is 12.1 Å². The third kappa shape index (κ3) is 2.73. The van der Waals surface area contributed by atoms with Crippen LogP contribution in [0.5, 0.6) is 11.5 Å². The van der Waals surface area contributed by atoms with Crippen LogP contribution in [0.4, 0.5) is 0 Å². The van der Waals surface area contributed by atoms with Gasteiger partial charge in [-0.2, -0.15) is 0 Å². The van der Waals surface area contributed by atoms with Crippen LogP contribution in [-0.2, 0) is 26.1 Å². The Bertz CT molecular complexity index is 1030. The number of aliphatic hydroxyl groups excluding tert-OH is 3. The summed E-state index contributed by atoms with van der Waals surface area (Å²) in [5.41, 5.74) is 1.69. The van der Waals surface area contributed by atoms with E-state index in [9.17, 15) is 30.3 Å². The van der Waals surface area contributed by atoms with Gasteiger partial charge in [0, 0.05) is 22.9 Å². The van der Waals surface area contributed by atoms with E-state index in [4.69, 9.17) is 14.2 Å².